The molecule has 2 heteroatoms. The molecule has 0 bridgehead atoms. The van der Waals surface area contributed by atoms with Crippen molar-refractivity contribution < 1.29 is 4.79 Å². The first kappa shape index (κ1) is 12.9. The molecule has 1 atom stereocenters. The van der Waals surface area contributed by atoms with Gasteiger partial charge in [0.05, 0.1) is 8.07 Å². The summed E-state index contributed by atoms with van der Waals surface area (Å²) in [6, 6.07) is 10.6. The van der Waals surface area contributed by atoms with Crippen molar-refractivity contribution in [1.82, 2.24) is 0 Å². The molecule has 0 heterocycles. The lowest BCUT2D eigenvalue weighted by molar-refractivity contribution is -0.107. The van der Waals surface area contributed by atoms with Crippen LogP contribution in [0.4, 0.5) is 0 Å². The average molecular weight is 232 g/mol. The highest BCUT2D eigenvalue weighted by Gasteiger charge is 2.31. The minimum absolute atomic E-state index is 0.400. The molecule has 0 saturated heterocycles. The monoisotopic (exact) mass is 232 g/mol. The van der Waals surface area contributed by atoms with E-state index in [0.29, 0.717) is 12.0 Å². The van der Waals surface area contributed by atoms with Crippen molar-refractivity contribution in [1.29, 1.82) is 0 Å². The SMILES string of the molecule is C/C=C/[C@@H](CC=O)[Si](C)(C)c1ccccc1. The zero-order valence-corrected chi connectivity index (χ0v) is 11.3. The maximum absolute atomic E-state index is 10.8. The summed E-state index contributed by atoms with van der Waals surface area (Å²) in [6.07, 6.45) is 5.93. The summed E-state index contributed by atoms with van der Waals surface area (Å²) in [6.45, 7) is 6.68. The van der Waals surface area contributed by atoms with E-state index in [-0.39, 0.29) is 0 Å². The van der Waals surface area contributed by atoms with Crippen LogP contribution in [-0.2, 0) is 4.79 Å². The lowest BCUT2D eigenvalue weighted by Crippen LogP contribution is -2.45. The van der Waals surface area contributed by atoms with E-state index in [1.54, 1.807) is 0 Å². The van der Waals surface area contributed by atoms with E-state index in [0.717, 1.165) is 6.29 Å². The van der Waals surface area contributed by atoms with Gasteiger partial charge in [0.1, 0.15) is 6.29 Å². The molecule has 0 N–H and O–H groups in total. The number of carbonyl (C=O) groups is 1. The lowest BCUT2D eigenvalue weighted by atomic mass is 10.3. The van der Waals surface area contributed by atoms with Crippen molar-refractivity contribution in [2.24, 2.45) is 0 Å². The molecule has 0 amide bonds. The molecule has 0 aliphatic rings. The molecule has 0 aliphatic carbocycles. The quantitative estimate of drug-likeness (QED) is 0.433. The van der Waals surface area contributed by atoms with E-state index in [2.05, 4.69) is 49.5 Å². The fourth-order valence-corrected chi connectivity index (χ4v) is 4.87. The van der Waals surface area contributed by atoms with Crippen LogP contribution in [0.15, 0.2) is 42.5 Å². The summed E-state index contributed by atoms with van der Waals surface area (Å²) in [5, 5.41) is 1.42. The van der Waals surface area contributed by atoms with Crippen LogP contribution in [0.3, 0.4) is 0 Å². The summed E-state index contributed by atoms with van der Waals surface area (Å²) < 4.78 is 0. The summed E-state index contributed by atoms with van der Waals surface area (Å²) in [5.41, 5.74) is 0.400. The highest BCUT2D eigenvalue weighted by Crippen LogP contribution is 2.26. The fourth-order valence-electron chi connectivity index (χ4n) is 2.03. The third-order valence-corrected chi connectivity index (χ3v) is 7.32. The molecule has 0 aliphatic heterocycles. The third-order valence-electron chi connectivity index (χ3n) is 3.22. The number of benzene rings is 1. The summed E-state index contributed by atoms with van der Waals surface area (Å²) in [7, 11) is -1.57. The predicted octanol–water partition coefficient (Wildman–Crippen LogP) is 3.14. The molecule has 1 aromatic rings. The second kappa shape index (κ2) is 5.80. The van der Waals surface area contributed by atoms with Gasteiger partial charge >= 0.3 is 0 Å². The minimum Gasteiger partial charge on any atom is -0.303 e. The third kappa shape index (κ3) is 2.92. The Labute approximate surface area is 99.2 Å². The molecule has 0 fully saturated rings. The van der Waals surface area contributed by atoms with E-state index in [9.17, 15) is 4.79 Å². The van der Waals surface area contributed by atoms with Crippen LogP contribution in [0.5, 0.6) is 0 Å². The molecule has 1 nitrogen and oxygen atoms in total. The molecular weight excluding hydrogens is 212 g/mol. The molecule has 0 unspecified atom stereocenters. The van der Waals surface area contributed by atoms with Gasteiger partial charge in [-0.1, -0.05) is 60.8 Å². The Balaban J connectivity index is 3.01. The van der Waals surface area contributed by atoms with Gasteiger partial charge in [0, 0.05) is 6.42 Å². The number of carbonyl (C=O) groups excluding carboxylic acids is 1. The zero-order chi connectivity index (χ0) is 12.0. The Bertz CT molecular complexity index is 354. The van der Waals surface area contributed by atoms with Crippen molar-refractivity contribution in [3.63, 3.8) is 0 Å². The van der Waals surface area contributed by atoms with E-state index in [1.165, 1.54) is 5.19 Å². The number of aldehydes is 1. The second-order valence-electron chi connectivity index (χ2n) is 4.62. The fraction of sp³-hybridized carbons (Fsp3) is 0.357. The smallest absolute Gasteiger partial charge is 0.120 e. The van der Waals surface area contributed by atoms with E-state index in [1.807, 2.05) is 13.0 Å². The van der Waals surface area contributed by atoms with Gasteiger partial charge in [0.15, 0.2) is 0 Å². The Hall–Kier alpha value is -1.15. The zero-order valence-electron chi connectivity index (χ0n) is 10.3. The van der Waals surface area contributed by atoms with Crippen LogP contribution >= 0.6 is 0 Å². The molecule has 1 aromatic carbocycles. The van der Waals surface area contributed by atoms with Gasteiger partial charge in [-0.3, -0.25) is 0 Å². The van der Waals surface area contributed by atoms with Gasteiger partial charge in [-0.25, -0.2) is 0 Å². The lowest BCUT2D eigenvalue weighted by Gasteiger charge is -2.29. The molecule has 0 radical (unpaired) electrons. The maximum atomic E-state index is 10.8. The molecule has 1 rings (SSSR count). The van der Waals surface area contributed by atoms with Crippen LogP contribution < -0.4 is 5.19 Å². The number of rotatable bonds is 5. The van der Waals surface area contributed by atoms with E-state index >= 15 is 0 Å². The van der Waals surface area contributed by atoms with E-state index < -0.39 is 8.07 Å². The molecular formula is C14H20OSi. The van der Waals surface area contributed by atoms with Crippen LogP contribution in [0.2, 0.25) is 18.6 Å². The first-order valence-corrected chi connectivity index (χ1v) is 8.82. The van der Waals surface area contributed by atoms with Gasteiger partial charge < -0.3 is 4.79 Å². The first-order valence-electron chi connectivity index (χ1n) is 5.75. The molecule has 86 valence electrons. The summed E-state index contributed by atoms with van der Waals surface area (Å²) in [5.74, 6) is 0. The topological polar surface area (TPSA) is 17.1 Å². The van der Waals surface area contributed by atoms with Gasteiger partial charge in [-0.15, -0.1) is 0 Å². The standard InChI is InChI=1S/C14H20OSi/c1-4-8-13(11-12-15)16(2,3)14-9-6-5-7-10-14/h4-10,12-13H,11H2,1-3H3/b8-4+/t13-/m0/s1. The van der Waals surface area contributed by atoms with Gasteiger partial charge in [0.2, 0.25) is 0 Å². The predicted molar refractivity (Wildman–Crippen MR) is 72.8 cm³/mol. The molecule has 16 heavy (non-hydrogen) atoms. The average Bonchev–Trinajstić information content (AvgIpc) is 2.30. The Morgan fingerprint density at radius 3 is 2.38 bits per heavy atom. The minimum atomic E-state index is -1.57. The second-order valence-corrected chi connectivity index (χ2v) is 9.38. The van der Waals surface area contributed by atoms with Crippen molar-refractivity contribution >= 4 is 19.5 Å². The van der Waals surface area contributed by atoms with Gasteiger partial charge in [-0.2, -0.15) is 0 Å². The highest BCUT2D eigenvalue weighted by atomic mass is 28.3. The number of allylic oxidation sites excluding steroid dienone is 2. The molecule has 0 aromatic heterocycles. The van der Waals surface area contributed by atoms with Crippen molar-refractivity contribution in [3.05, 3.63) is 42.5 Å². The van der Waals surface area contributed by atoms with Crippen LogP contribution in [0.1, 0.15) is 13.3 Å². The summed E-state index contributed by atoms with van der Waals surface area (Å²) >= 11 is 0. The first-order chi connectivity index (χ1) is 7.62. The maximum Gasteiger partial charge on any atom is 0.120 e. The Morgan fingerprint density at radius 1 is 1.25 bits per heavy atom. The molecule has 0 spiro atoms. The van der Waals surface area contributed by atoms with Crippen LogP contribution in [-0.4, -0.2) is 14.4 Å². The van der Waals surface area contributed by atoms with Crippen LogP contribution in [0.25, 0.3) is 0 Å². The van der Waals surface area contributed by atoms with Crippen molar-refractivity contribution in [2.75, 3.05) is 0 Å². The number of hydrogen-bond acceptors (Lipinski definition) is 1. The molecule has 0 saturated carbocycles. The normalized spacial score (nSPS) is 13.9. The van der Waals surface area contributed by atoms with Crippen molar-refractivity contribution in [2.45, 2.75) is 32.0 Å². The summed E-state index contributed by atoms with van der Waals surface area (Å²) in [4.78, 5) is 10.8. The Morgan fingerprint density at radius 2 is 1.88 bits per heavy atom. The van der Waals surface area contributed by atoms with Gasteiger partial charge in [-0.05, 0) is 12.5 Å². The van der Waals surface area contributed by atoms with Gasteiger partial charge in [0.25, 0.3) is 0 Å². The highest BCUT2D eigenvalue weighted by molar-refractivity contribution is 6.91. The number of hydrogen-bond donors (Lipinski definition) is 0. The van der Waals surface area contributed by atoms with Crippen molar-refractivity contribution in [3.8, 4) is 0 Å². The van der Waals surface area contributed by atoms with Crippen LogP contribution in [0, 0.1) is 0 Å². The van der Waals surface area contributed by atoms with E-state index in [4.69, 9.17) is 0 Å². The largest absolute Gasteiger partial charge is 0.303 e. The Kier molecular flexibility index (Phi) is 4.68.